The van der Waals surface area contributed by atoms with Crippen LogP contribution in [-0.4, -0.2) is 32.2 Å². The standard InChI is InChI=1S/C22H32NOPSi/c1-23(21-17-11-12-18-22(21)24-26(2,3)4)25(19-13-7-5-8-14-19)20-15-9-6-10-16-20/h5-10,13-16,21-22H,11-12,17-18H2,1-4H3. The van der Waals surface area contributed by atoms with Crippen LogP contribution in [0.4, 0.5) is 0 Å². The van der Waals surface area contributed by atoms with Crippen molar-refractivity contribution in [2.75, 3.05) is 7.05 Å². The van der Waals surface area contributed by atoms with Crippen molar-refractivity contribution in [3.63, 3.8) is 0 Å². The van der Waals surface area contributed by atoms with Gasteiger partial charge in [-0.05, 0) is 50.1 Å². The van der Waals surface area contributed by atoms with E-state index < -0.39 is 16.4 Å². The summed E-state index contributed by atoms with van der Waals surface area (Å²) in [4.78, 5) is 0. The van der Waals surface area contributed by atoms with Gasteiger partial charge in [-0.25, -0.2) is 0 Å². The van der Waals surface area contributed by atoms with Crippen molar-refractivity contribution >= 4 is 27.0 Å². The summed E-state index contributed by atoms with van der Waals surface area (Å²) in [5.41, 5.74) is 0. The molecule has 3 rings (SSSR count). The van der Waals surface area contributed by atoms with Gasteiger partial charge in [-0.2, -0.15) is 0 Å². The van der Waals surface area contributed by atoms with Crippen LogP contribution in [0.25, 0.3) is 0 Å². The molecule has 0 bridgehead atoms. The minimum Gasteiger partial charge on any atom is -0.413 e. The lowest BCUT2D eigenvalue weighted by Gasteiger charge is -2.44. The summed E-state index contributed by atoms with van der Waals surface area (Å²) in [5, 5.41) is 2.85. The van der Waals surface area contributed by atoms with Gasteiger partial charge in [-0.3, -0.25) is 4.67 Å². The van der Waals surface area contributed by atoms with Gasteiger partial charge in [-0.15, -0.1) is 0 Å². The average molecular weight is 386 g/mol. The van der Waals surface area contributed by atoms with Gasteiger partial charge < -0.3 is 4.43 Å². The van der Waals surface area contributed by atoms with Crippen molar-refractivity contribution in [1.29, 1.82) is 0 Å². The van der Waals surface area contributed by atoms with Crippen LogP contribution in [0.1, 0.15) is 25.7 Å². The SMILES string of the molecule is CN(C1CCCCC1O[Si](C)(C)C)P(c1ccccc1)c1ccccc1. The fourth-order valence-electron chi connectivity index (χ4n) is 3.90. The maximum absolute atomic E-state index is 6.64. The molecule has 140 valence electrons. The number of nitrogens with zero attached hydrogens (tertiary/aromatic N) is 1. The molecule has 1 saturated carbocycles. The van der Waals surface area contributed by atoms with E-state index in [1.165, 1.54) is 36.3 Å². The summed E-state index contributed by atoms with van der Waals surface area (Å²) in [5.74, 6) is 0. The fraction of sp³-hybridized carbons (Fsp3) is 0.455. The molecule has 2 atom stereocenters. The second kappa shape index (κ2) is 8.80. The Labute approximate surface area is 161 Å². The smallest absolute Gasteiger partial charge is 0.184 e. The number of hydrogen-bond donors (Lipinski definition) is 0. The zero-order valence-electron chi connectivity index (χ0n) is 16.6. The summed E-state index contributed by atoms with van der Waals surface area (Å²) in [7, 11) is 0.242. The summed E-state index contributed by atoms with van der Waals surface area (Å²) in [6, 6.07) is 22.5. The van der Waals surface area contributed by atoms with Crippen LogP contribution in [0.15, 0.2) is 60.7 Å². The molecule has 2 unspecified atom stereocenters. The normalized spacial score (nSPS) is 21.3. The van der Waals surface area contributed by atoms with E-state index >= 15 is 0 Å². The summed E-state index contributed by atoms with van der Waals surface area (Å²) in [6.45, 7) is 6.95. The molecule has 0 N–H and O–H groups in total. The predicted octanol–water partition coefficient (Wildman–Crippen LogP) is 5.13. The van der Waals surface area contributed by atoms with Gasteiger partial charge in [0.1, 0.15) is 0 Å². The Bertz CT molecular complexity index is 634. The minimum atomic E-state index is -1.55. The highest BCUT2D eigenvalue weighted by Gasteiger charge is 2.36. The van der Waals surface area contributed by atoms with E-state index in [0.29, 0.717) is 12.1 Å². The van der Waals surface area contributed by atoms with Crippen LogP contribution >= 0.6 is 8.07 Å². The van der Waals surface area contributed by atoms with Crippen molar-refractivity contribution in [2.24, 2.45) is 0 Å². The number of benzene rings is 2. The molecule has 1 aliphatic carbocycles. The summed E-state index contributed by atoms with van der Waals surface area (Å²) in [6.07, 6.45) is 5.43. The van der Waals surface area contributed by atoms with Crippen LogP contribution in [0.5, 0.6) is 0 Å². The summed E-state index contributed by atoms with van der Waals surface area (Å²) < 4.78 is 9.28. The topological polar surface area (TPSA) is 12.5 Å². The van der Waals surface area contributed by atoms with Crippen LogP contribution in [0.3, 0.4) is 0 Å². The van der Waals surface area contributed by atoms with Crippen molar-refractivity contribution < 1.29 is 4.43 Å². The summed E-state index contributed by atoms with van der Waals surface area (Å²) >= 11 is 0. The molecular formula is C22H32NOPSi. The number of likely N-dealkylation sites (N-methyl/N-ethyl adjacent to an activating group) is 1. The average Bonchev–Trinajstić information content (AvgIpc) is 2.63. The van der Waals surface area contributed by atoms with E-state index in [0.717, 1.165) is 0 Å². The first-order valence-electron chi connectivity index (χ1n) is 9.76. The molecule has 1 aliphatic rings. The molecule has 2 aromatic rings. The minimum absolute atomic E-state index is 0.373. The van der Waals surface area contributed by atoms with Crippen LogP contribution in [-0.2, 0) is 4.43 Å². The van der Waals surface area contributed by atoms with Crippen LogP contribution in [0.2, 0.25) is 19.6 Å². The van der Waals surface area contributed by atoms with Gasteiger partial charge in [0.05, 0.1) is 6.10 Å². The van der Waals surface area contributed by atoms with E-state index in [4.69, 9.17) is 4.43 Å². The Hall–Kier alpha value is -0.993. The largest absolute Gasteiger partial charge is 0.413 e. The molecule has 0 spiro atoms. The number of rotatable bonds is 6. The molecule has 2 nitrogen and oxygen atoms in total. The molecule has 26 heavy (non-hydrogen) atoms. The first-order chi connectivity index (χ1) is 12.5. The second-order valence-electron chi connectivity index (χ2n) is 8.18. The van der Waals surface area contributed by atoms with Crippen LogP contribution < -0.4 is 10.6 Å². The lowest BCUT2D eigenvalue weighted by Crippen LogP contribution is -2.48. The third-order valence-electron chi connectivity index (χ3n) is 4.97. The first kappa shape index (κ1) is 19.8. The Morgan fingerprint density at radius 3 is 1.85 bits per heavy atom. The van der Waals surface area contributed by atoms with Gasteiger partial charge in [0, 0.05) is 14.1 Å². The predicted molar refractivity (Wildman–Crippen MR) is 117 cm³/mol. The van der Waals surface area contributed by atoms with Gasteiger partial charge in [0.25, 0.3) is 0 Å². The molecule has 0 heterocycles. The zero-order chi connectivity index (χ0) is 18.6. The molecule has 0 amide bonds. The molecule has 0 radical (unpaired) electrons. The highest BCUT2D eigenvalue weighted by molar-refractivity contribution is 7.70. The fourth-order valence-corrected chi connectivity index (χ4v) is 7.58. The van der Waals surface area contributed by atoms with Crippen LogP contribution in [0, 0.1) is 0 Å². The highest BCUT2D eigenvalue weighted by Crippen LogP contribution is 2.42. The maximum atomic E-state index is 6.64. The maximum Gasteiger partial charge on any atom is 0.184 e. The van der Waals surface area contributed by atoms with Gasteiger partial charge in [0.2, 0.25) is 0 Å². The lowest BCUT2D eigenvalue weighted by molar-refractivity contribution is 0.0809. The number of hydrogen-bond acceptors (Lipinski definition) is 2. The van der Waals surface area contributed by atoms with Crippen molar-refractivity contribution in [2.45, 2.75) is 57.5 Å². The van der Waals surface area contributed by atoms with Gasteiger partial charge >= 0.3 is 0 Å². The Morgan fingerprint density at radius 1 is 0.846 bits per heavy atom. The Morgan fingerprint density at radius 2 is 1.35 bits per heavy atom. The van der Waals surface area contributed by atoms with Crippen molar-refractivity contribution in [3.05, 3.63) is 60.7 Å². The third kappa shape index (κ3) is 5.04. The lowest BCUT2D eigenvalue weighted by atomic mass is 9.93. The molecule has 2 aromatic carbocycles. The van der Waals surface area contributed by atoms with Crippen molar-refractivity contribution in [1.82, 2.24) is 4.67 Å². The van der Waals surface area contributed by atoms with Crippen molar-refractivity contribution in [3.8, 4) is 0 Å². The monoisotopic (exact) mass is 385 g/mol. The third-order valence-corrected chi connectivity index (χ3v) is 8.48. The Balaban J connectivity index is 1.92. The Kier molecular flexibility index (Phi) is 6.69. The molecule has 4 heteroatoms. The quantitative estimate of drug-likeness (QED) is 0.505. The molecular weight excluding hydrogens is 353 g/mol. The molecule has 1 fully saturated rings. The molecule has 0 aromatic heterocycles. The van der Waals surface area contributed by atoms with Gasteiger partial charge in [-0.1, -0.05) is 73.5 Å². The van der Waals surface area contributed by atoms with Gasteiger partial charge in [0.15, 0.2) is 8.32 Å². The second-order valence-corrected chi connectivity index (χ2v) is 14.9. The molecule has 0 saturated heterocycles. The molecule has 0 aliphatic heterocycles. The highest BCUT2D eigenvalue weighted by atomic mass is 31.1. The van der Waals surface area contributed by atoms with E-state index in [1.54, 1.807) is 0 Å². The zero-order valence-corrected chi connectivity index (χ0v) is 18.5. The van der Waals surface area contributed by atoms with E-state index in [2.05, 4.69) is 92.0 Å². The van der Waals surface area contributed by atoms with E-state index in [1.807, 2.05) is 0 Å². The van der Waals surface area contributed by atoms with E-state index in [9.17, 15) is 0 Å². The first-order valence-corrected chi connectivity index (χ1v) is 14.5. The van der Waals surface area contributed by atoms with E-state index in [-0.39, 0.29) is 0 Å².